The third-order valence-electron chi connectivity index (χ3n) is 6.96. The molecule has 0 saturated heterocycles. The van der Waals surface area contributed by atoms with Gasteiger partial charge in [-0.1, -0.05) is 63.8 Å². The van der Waals surface area contributed by atoms with Crippen LogP contribution >= 0.6 is 0 Å². The number of hydrogen-bond acceptors (Lipinski definition) is 5. The fourth-order valence-corrected chi connectivity index (χ4v) is 5.05. The van der Waals surface area contributed by atoms with E-state index in [1.807, 2.05) is 68.4 Å². The van der Waals surface area contributed by atoms with Crippen molar-refractivity contribution in [2.45, 2.75) is 60.6 Å². The van der Waals surface area contributed by atoms with Gasteiger partial charge in [0.05, 0.1) is 16.6 Å². The number of ketones is 1. The number of para-hydroxylation sites is 1. The molecule has 0 aliphatic rings. The number of Topliss-reactive ketones (excluding diaryl/α,β-unsaturated/α-hetero) is 1. The van der Waals surface area contributed by atoms with E-state index >= 15 is 0 Å². The second kappa shape index (κ2) is 12.1. The molecule has 2 heterocycles. The Bertz CT molecular complexity index is 1600. The molecule has 0 fully saturated rings. The first-order valence-corrected chi connectivity index (χ1v) is 14.0. The van der Waals surface area contributed by atoms with Crippen molar-refractivity contribution >= 4 is 33.6 Å². The SMILES string of the molecule is C=CCOC(=O)C(C)(C)Cc1c(C(=O)CC(C)(C)C)c2cc(OCc3ccc4ccccc4n3)ccc2n1CC=C. The lowest BCUT2D eigenvalue weighted by Crippen LogP contribution is -2.31. The van der Waals surface area contributed by atoms with Gasteiger partial charge in [-0.15, -0.1) is 6.58 Å². The molecule has 214 valence electrons. The zero-order chi connectivity index (χ0) is 29.8. The molecule has 0 amide bonds. The average Bonchev–Trinajstić information content (AvgIpc) is 3.21. The number of ether oxygens (including phenoxy) is 2. The summed E-state index contributed by atoms with van der Waals surface area (Å²) in [6, 6.07) is 17.8. The molecule has 0 radical (unpaired) electrons. The summed E-state index contributed by atoms with van der Waals surface area (Å²) in [5.41, 5.74) is 2.96. The molecule has 0 aliphatic heterocycles. The van der Waals surface area contributed by atoms with Crippen molar-refractivity contribution in [3.63, 3.8) is 0 Å². The van der Waals surface area contributed by atoms with E-state index < -0.39 is 5.41 Å². The zero-order valence-electron chi connectivity index (χ0n) is 24.8. The van der Waals surface area contributed by atoms with Gasteiger partial charge in [-0.05, 0) is 49.6 Å². The standard InChI is InChI=1S/C35H40N2O4/c1-8-18-37-29-17-16-26(41-23-25-15-14-24-12-10-11-13-28(24)36-25)20-27(29)32(31(38)22-34(3,4)5)30(37)21-35(6,7)33(39)40-19-9-2/h8-17,20H,1-2,18-19,21-23H2,3-7H3. The maximum Gasteiger partial charge on any atom is 0.312 e. The summed E-state index contributed by atoms with van der Waals surface area (Å²) in [5.74, 6) is 0.335. The Labute approximate surface area is 242 Å². The Morgan fingerprint density at radius 2 is 1.73 bits per heavy atom. The minimum Gasteiger partial charge on any atom is -0.487 e. The van der Waals surface area contributed by atoms with E-state index in [0.29, 0.717) is 37.3 Å². The van der Waals surface area contributed by atoms with Crippen LogP contribution in [0.3, 0.4) is 0 Å². The summed E-state index contributed by atoms with van der Waals surface area (Å²) >= 11 is 0. The summed E-state index contributed by atoms with van der Waals surface area (Å²) in [6.45, 7) is 18.4. The Kier molecular flexibility index (Phi) is 8.81. The Morgan fingerprint density at radius 3 is 2.44 bits per heavy atom. The summed E-state index contributed by atoms with van der Waals surface area (Å²) in [5, 5.41) is 1.88. The Hall–Kier alpha value is -4.19. The minimum atomic E-state index is -0.867. The largest absolute Gasteiger partial charge is 0.487 e. The number of fused-ring (bicyclic) bond motifs is 2. The van der Waals surface area contributed by atoms with Gasteiger partial charge in [0, 0.05) is 46.9 Å². The molecule has 4 aromatic rings. The maximum absolute atomic E-state index is 13.9. The lowest BCUT2D eigenvalue weighted by Gasteiger charge is -2.24. The quantitative estimate of drug-likeness (QED) is 0.102. The van der Waals surface area contributed by atoms with Crippen molar-refractivity contribution < 1.29 is 19.1 Å². The molecule has 2 aromatic heterocycles. The van der Waals surface area contributed by atoms with Crippen LogP contribution in [0.1, 0.15) is 62.8 Å². The van der Waals surface area contributed by atoms with Crippen LogP contribution in [0.5, 0.6) is 5.75 Å². The molecule has 2 aromatic carbocycles. The van der Waals surface area contributed by atoms with E-state index in [4.69, 9.17) is 14.5 Å². The molecule has 4 rings (SSSR count). The van der Waals surface area contributed by atoms with Gasteiger partial charge in [-0.3, -0.25) is 9.59 Å². The molecule has 0 spiro atoms. The molecule has 6 heteroatoms. The number of carbonyl (C=O) groups excluding carboxylic acids is 2. The summed E-state index contributed by atoms with van der Waals surface area (Å²) in [7, 11) is 0. The fourth-order valence-electron chi connectivity index (χ4n) is 5.05. The number of pyridine rings is 1. The second-order valence-corrected chi connectivity index (χ2v) is 12.3. The highest BCUT2D eigenvalue weighted by Crippen LogP contribution is 2.37. The molecule has 0 atom stereocenters. The summed E-state index contributed by atoms with van der Waals surface area (Å²) < 4.78 is 13.7. The minimum absolute atomic E-state index is 0.0314. The predicted octanol–water partition coefficient (Wildman–Crippen LogP) is 7.87. The first-order valence-electron chi connectivity index (χ1n) is 14.0. The lowest BCUT2D eigenvalue weighted by molar-refractivity contribution is -0.152. The highest BCUT2D eigenvalue weighted by molar-refractivity contribution is 6.10. The van der Waals surface area contributed by atoms with Crippen LogP contribution in [0, 0.1) is 10.8 Å². The fraction of sp³-hybridized carbons (Fsp3) is 0.343. The van der Waals surface area contributed by atoms with Crippen molar-refractivity contribution in [3.05, 3.63) is 96.9 Å². The van der Waals surface area contributed by atoms with E-state index in [1.54, 1.807) is 12.2 Å². The molecule has 0 unspecified atom stereocenters. The predicted molar refractivity (Wildman–Crippen MR) is 165 cm³/mol. The van der Waals surface area contributed by atoms with Gasteiger partial charge in [0.1, 0.15) is 19.0 Å². The third kappa shape index (κ3) is 6.94. The number of benzene rings is 2. The van der Waals surface area contributed by atoms with Gasteiger partial charge >= 0.3 is 5.97 Å². The molecule has 0 saturated carbocycles. The van der Waals surface area contributed by atoms with Gasteiger partial charge in [0.2, 0.25) is 0 Å². The highest BCUT2D eigenvalue weighted by atomic mass is 16.5. The molecule has 0 N–H and O–H groups in total. The highest BCUT2D eigenvalue weighted by Gasteiger charge is 2.35. The van der Waals surface area contributed by atoms with Crippen molar-refractivity contribution in [1.29, 1.82) is 0 Å². The van der Waals surface area contributed by atoms with E-state index in [2.05, 4.69) is 38.5 Å². The number of hydrogen-bond donors (Lipinski definition) is 0. The molecular weight excluding hydrogens is 512 g/mol. The topological polar surface area (TPSA) is 70.4 Å². The van der Waals surface area contributed by atoms with E-state index in [9.17, 15) is 9.59 Å². The van der Waals surface area contributed by atoms with Crippen LogP contribution < -0.4 is 4.74 Å². The smallest absolute Gasteiger partial charge is 0.312 e. The van der Waals surface area contributed by atoms with Crippen LogP contribution in [0.25, 0.3) is 21.8 Å². The molecule has 0 aliphatic carbocycles. The Morgan fingerprint density at radius 1 is 0.976 bits per heavy atom. The molecular formula is C35H40N2O4. The monoisotopic (exact) mass is 552 g/mol. The Balaban J connectivity index is 1.77. The number of carbonyl (C=O) groups is 2. The summed E-state index contributed by atoms with van der Waals surface area (Å²) in [6.07, 6.45) is 4.05. The van der Waals surface area contributed by atoms with Gasteiger partial charge in [0.15, 0.2) is 5.78 Å². The third-order valence-corrected chi connectivity index (χ3v) is 6.96. The van der Waals surface area contributed by atoms with Crippen molar-refractivity contribution in [2.24, 2.45) is 10.8 Å². The van der Waals surface area contributed by atoms with E-state index in [-0.39, 0.29) is 23.8 Å². The maximum atomic E-state index is 13.9. The number of nitrogens with zero attached hydrogens (tertiary/aromatic N) is 2. The zero-order valence-corrected chi connectivity index (χ0v) is 24.8. The average molecular weight is 553 g/mol. The normalized spacial score (nSPS) is 11.9. The van der Waals surface area contributed by atoms with Crippen molar-refractivity contribution in [3.8, 4) is 5.75 Å². The van der Waals surface area contributed by atoms with E-state index in [1.165, 1.54) is 0 Å². The van der Waals surface area contributed by atoms with Crippen molar-refractivity contribution in [2.75, 3.05) is 6.61 Å². The number of rotatable bonds is 12. The lowest BCUT2D eigenvalue weighted by atomic mass is 9.83. The van der Waals surface area contributed by atoms with Gasteiger partial charge in [-0.25, -0.2) is 4.98 Å². The van der Waals surface area contributed by atoms with Crippen LogP contribution in [0.2, 0.25) is 0 Å². The number of allylic oxidation sites excluding steroid dienone is 1. The van der Waals surface area contributed by atoms with E-state index in [0.717, 1.165) is 33.2 Å². The molecule has 6 nitrogen and oxygen atoms in total. The molecule has 41 heavy (non-hydrogen) atoms. The molecule has 0 bridgehead atoms. The first-order chi connectivity index (χ1) is 19.4. The summed E-state index contributed by atoms with van der Waals surface area (Å²) in [4.78, 5) is 31.6. The van der Waals surface area contributed by atoms with Crippen LogP contribution in [0.15, 0.2) is 79.9 Å². The van der Waals surface area contributed by atoms with Gasteiger partial charge in [0.25, 0.3) is 0 Å². The van der Waals surface area contributed by atoms with Crippen LogP contribution in [-0.4, -0.2) is 27.9 Å². The van der Waals surface area contributed by atoms with Gasteiger partial charge in [-0.2, -0.15) is 0 Å². The van der Waals surface area contributed by atoms with Crippen LogP contribution in [-0.2, 0) is 29.1 Å². The van der Waals surface area contributed by atoms with Crippen LogP contribution in [0.4, 0.5) is 0 Å². The number of aromatic nitrogens is 2. The second-order valence-electron chi connectivity index (χ2n) is 12.3. The number of esters is 1. The first kappa shape index (κ1) is 29.8. The van der Waals surface area contributed by atoms with Crippen molar-refractivity contribution in [1.82, 2.24) is 9.55 Å². The van der Waals surface area contributed by atoms with Gasteiger partial charge < -0.3 is 14.0 Å².